The highest BCUT2D eigenvalue weighted by Gasteiger charge is 2.24. The minimum Gasteiger partial charge on any atom is -0.497 e. The second-order valence-corrected chi connectivity index (χ2v) is 8.42. The van der Waals surface area contributed by atoms with Crippen LogP contribution in [0.15, 0.2) is 65.6 Å². The van der Waals surface area contributed by atoms with Gasteiger partial charge in [0.25, 0.3) is 11.5 Å². The second-order valence-electron chi connectivity index (χ2n) is 8.42. The summed E-state index contributed by atoms with van der Waals surface area (Å²) in [5.41, 5.74) is 5.20. The lowest BCUT2D eigenvalue weighted by Crippen LogP contribution is -2.34. The summed E-state index contributed by atoms with van der Waals surface area (Å²) < 4.78 is 7.13. The Labute approximate surface area is 192 Å². The number of nitrogens with zero attached hydrogens (tertiary/aromatic N) is 1. The maximum atomic E-state index is 13.5. The van der Waals surface area contributed by atoms with Crippen LogP contribution in [0.25, 0.3) is 22.0 Å². The first kappa shape index (κ1) is 21.1. The van der Waals surface area contributed by atoms with E-state index in [9.17, 15) is 9.59 Å². The molecule has 2 N–H and O–H groups in total. The second kappa shape index (κ2) is 8.98. The van der Waals surface area contributed by atoms with Crippen LogP contribution in [0.2, 0.25) is 0 Å². The number of nitrogens with one attached hydrogen (secondary N) is 2. The Morgan fingerprint density at radius 3 is 2.79 bits per heavy atom. The quantitative estimate of drug-likeness (QED) is 0.468. The van der Waals surface area contributed by atoms with Crippen molar-refractivity contribution in [1.82, 2.24) is 14.9 Å². The number of methoxy groups -OCH3 is 1. The molecule has 6 heteroatoms. The summed E-state index contributed by atoms with van der Waals surface area (Å²) >= 11 is 0. The summed E-state index contributed by atoms with van der Waals surface area (Å²) in [5, 5.41) is 4.21. The molecule has 0 unspecified atom stereocenters. The van der Waals surface area contributed by atoms with Gasteiger partial charge in [0.15, 0.2) is 0 Å². The fraction of sp³-hybridized carbons (Fsp3) is 0.259. The lowest BCUT2D eigenvalue weighted by Gasteiger charge is -2.23. The molecule has 168 valence electrons. The highest BCUT2D eigenvalue weighted by molar-refractivity contribution is 6.02. The number of pyridine rings is 1. The van der Waals surface area contributed by atoms with Crippen molar-refractivity contribution in [2.24, 2.45) is 0 Å². The zero-order chi connectivity index (χ0) is 22.8. The van der Waals surface area contributed by atoms with Crippen molar-refractivity contribution in [3.8, 4) is 16.9 Å². The average molecular weight is 442 g/mol. The molecule has 5 rings (SSSR count). The van der Waals surface area contributed by atoms with Gasteiger partial charge in [0.2, 0.25) is 0 Å². The number of carbonyl (C=O) groups is 1. The molecule has 0 saturated carbocycles. The van der Waals surface area contributed by atoms with Gasteiger partial charge < -0.3 is 19.6 Å². The van der Waals surface area contributed by atoms with Gasteiger partial charge in [0.05, 0.1) is 12.7 Å². The van der Waals surface area contributed by atoms with E-state index in [0.29, 0.717) is 30.6 Å². The molecule has 4 aromatic rings. The molecular formula is C27H27N3O3. The molecule has 0 radical (unpaired) electrons. The molecule has 6 nitrogen and oxygen atoms in total. The van der Waals surface area contributed by atoms with Crippen molar-refractivity contribution in [3.05, 3.63) is 88.0 Å². The van der Waals surface area contributed by atoms with E-state index in [1.165, 1.54) is 0 Å². The molecule has 0 spiro atoms. The Hall–Kier alpha value is -3.80. The van der Waals surface area contributed by atoms with E-state index in [-0.39, 0.29) is 11.5 Å². The zero-order valence-corrected chi connectivity index (χ0v) is 18.7. The minimum absolute atomic E-state index is 0.0344. The van der Waals surface area contributed by atoms with Crippen LogP contribution in [0, 0.1) is 0 Å². The first-order chi connectivity index (χ1) is 16.2. The standard InChI is InChI=1S/C27H27N3O3/c1-33-20-10-11-23-21(15-20)19(17-29-23)12-13-28-27(32)26-22(18-7-3-2-4-8-18)16-25(31)30-14-6-5-9-24(26)30/h2-4,7-8,10-11,15-17,29H,5-6,9,12-14H2,1H3,(H,28,32). The third-order valence-corrected chi connectivity index (χ3v) is 6.43. The SMILES string of the molecule is COc1ccc2[nH]cc(CCNC(=O)c3c(-c4ccccc4)cc(=O)n4c3CCCC4)c2c1. The molecule has 1 aliphatic heterocycles. The summed E-state index contributed by atoms with van der Waals surface area (Å²) in [7, 11) is 1.66. The Bertz CT molecular complexity index is 1370. The van der Waals surface area contributed by atoms with Crippen LogP contribution in [0.5, 0.6) is 5.75 Å². The molecule has 0 fully saturated rings. The molecule has 1 amide bonds. The third kappa shape index (κ3) is 4.04. The van der Waals surface area contributed by atoms with Crippen molar-refractivity contribution < 1.29 is 9.53 Å². The van der Waals surface area contributed by atoms with Gasteiger partial charge in [0, 0.05) is 47.5 Å². The molecule has 2 aromatic carbocycles. The van der Waals surface area contributed by atoms with E-state index in [0.717, 1.165) is 52.7 Å². The molecule has 2 aromatic heterocycles. The number of hydrogen-bond acceptors (Lipinski definition) is 3. The Morgan fingerprint density at radius 1 is 1.12 bits per heavy atom. The maximum absolute atomic E-state index is 13.5. The summed E-state index contributed by atoms with van der Waals surface area (Å²) in [6.07, 6.45) is 5.35. The summed E-state index contributed by atoms with van der Waals surface area (Å²) in [6.45, 7) is 1.16. The molecule has 0 aliphatic carbocycles. The van der Waals surface area contributed by atoms with Crippen LogP contribution in [0.3, 0.4) is 0 Å². The topological polar surface area (TPSA) is 76.1 Å². The minimum atomic E-state index is -0.128. The van der Waals surface area contributed by atoms with Gasteiger partial charge in [-0.3, -0.25) is 9.59 Å². The number of carbonyl (C=O) groups excluding carboxylic acids is 1. The molecule has 33 heavy (non-hydrogen) atoms. The van der Waals surface area contributed by atoms with Gasteiger partial charge >= 0.3 is 0 Å². The monoisotopic (exact) mass is 441 g/mol. The Balaban J connectivity index is 1.43. The normalized spacial score (nSPS) is 13.0. The Kier molecular flexibility index (Phi) is 5.73. The van der Waals surface area contributed by atoms with Gasteiger partial charge in [-0.25, -0.2) is 0 Å². The van der Waals surface area contributed by atoms with Crippen molar-refractivity contribution in [3.63, 3.8) is 0 Å². The van der Waals surface area contributed by atoms with Crippen molar-refractivity contribution in [2.45, 2.75) is 32.2 Å². The molecule has 3 heterocycles. The number of H-pyrrole nitrogens is 1. The third-order valence-electron chi connectivity index (χ3n) is 6.43. The number of fused-ring (bicyclic) bond motifs is 2. The number of ether oxygens (including phenoxy) is 1. The number of aromatic amines is 1. The smallest absolute Gasteiger partial charge is 0.253 e. The lowest BCUT2D eigenvalue weighted by molar-refractivity contribution is 0.0952. The number of hydrogen-bond donors (Lipinski definition) is 2. The summed E-state index contributed by atoms with van der Waals surface area (Å²) in [6, 6.07) is 17.2. The molecule has 0 bridgehead atoms. The summed E-state index contributed by atoms with van der Waals surface area (Å²) in [4.78, 5) is 29.5. The molecule has 0 saturated heterocycles. The fourth-order valence-electron chi connectivity index (χ4n) is 4.75. The number of rotatable bonds is 6. The largest absolute Gasteiger partial charge is 0.497 e. The molecular weight excluding hydrogens is 414 g/mol. The lowest BCUT2D eigenvalue weighted by atomic mass is 9.94. The van der Waals surface area contributed by atoms with E-state index in [1.807, 2.05) is 54.7 Å². The molecule has 1 aliphatic rings. The van der Waals surface area contributed by atoms with E-state index < -0.39 is 0 Å². The van der Waals surface area contributed by atoms with Gasteiger partial charge in [-0.15, -0.1) is 0 Å². The number of aromatic nitrogens is 2. The zero-order valence-electron chi connectivity index (χ0n) is 18.7. The highest BCUT2D eigenvalue weighted by Crippen LogP contribution is 2.28. The van der Waals surface area contributed by atoms with E-state index >= 15 is 0 Å². The van der Waals surface area contributed by atoms with E-state index in [4.69, 9.17) is 4.74 Å². The fourth-order valence-corrected chi connectivity index (χ4v) is 4.75. The van der Waals surface area contributed by atoms with Crippen LogP contribution in [0.4, 0.5) is 0 Å². The van der Waals surface area contributed by atoms with Crippen LogP contribution < -0.4 is 15.6 Å². The van der Waals surface area contributed by atoms with Crippen LogP contribution >= 0.6 is 0 Å². The van der Waals surface area contributed by atoms with E-state index in [2.05, 4.69) is 10.3 Å². The van der Waals surface area contributed by atoms with E-state index in [1.54, 1.807) is 17.7 Å². The number of benzene rings is 2. The van der Waals surface area contributed by atoms with Gasteiger partial charge in [0.1, 0.15) is 5.75 Å². The van der Waals surface area contributed by atoms with Crippen molar-refractivity contribution >= 4 is 16.8 Å². The van der Waals surface area contributed by atoms with Crippen LogP contribution in [-0.4, -0.2) is 29.1 Å². The van der Waals surface area contributed by atoms with Crippen LogP contribution in [-0.2, 0) is 19.4 Å². The predicted octanol–water partition coefficient (Wildman–Crippen LogP) is 4.31. The van der Waals surface area contributed by atoms with Gasteiger partial charge in [-0.05, 0) is 55.0 Å². The first-order valence-electron chi connectivity index (χ1n) is 11.4. The van der Waals surface area contributed by atoms with Crippen molar-refractivity contribution in [1.29, 1.82) is 0 Å². The predicted molar refractivity (Wildman–Crippen MR) is 130 cm³/mol. The van der Waals surface area contributed by atoms with Gasteiger partial charge in [-0.2, -0.15) is 0 Å². The maximum Gasteiger partial charge on any atom is 0.253 e. The number of amides is 1. The average Bonchev–Trinajstić information content (AvgIpc) is 3.26. The first-order valence-corrected chi connectivity index (χ1v) is 11.4. The Morgan fingerprint density at radius 2 is 1.97 bits per heavy atom. The van der Waals surface area contributed by atoms with Crippen molar-refractivity contribution in [2.75, 3.05) is 13.7 Å². The van der Waals surface area contributed by atoms with Gasteiger partial charge in [-0.1, -0.05) is 30.3 Å². The summed E-state index contributed by atoms with van der Waals surface area (Å²) in [5.74, 6) is 0.679. The molecule has 0 atom stereocenters. The highest BCUT2D eigenvalue weighted by atomic mass is 16.5. The van der Waals surface area contributed by atoms with Crippen LogP contribution in [0.1, 0.15) is 34.5 Å².